The number of ether oxygens (including phenoxy) is 1. The van der Waals surface area contributed by atoms with Crippen molar-refractivity contribution < 1.29 is 4.74 Å². The second-order valence-corrected chi connectivity index (χ2v) is 6.04. The summed E-state index contributed by atoms with van der Waals surface area (Å²) in [4.78, 5) is 4.76. The van der Waals surface area contributed by atoms with E-state index in [2.05, 4.69) is 34.9 Å². The largest absolute Gasteiger partial charge is 0.486 e. The zero-order valence-electron chi connectivity index (χ0n) is 14.5. The first kappa shape index (κ1) is 16.2. The minimum absolute atomic E-state index is 0.442. The fourth-order valence-corrected chi connectivity index (χ4v) is 2.96. The molecule has 26 heavy (non-hydrogen) atoms. The first-order valence-electron chi connectivity index (χ1n) is 8.74. The van der Waals surface area contributed by atoms with Gasteiger partial charge >= 0.3 is 0 Å². The predicted octanol–water partition coefficient (Wildman–Crippen LogP) is 5.33. The van der Waals surface area contributed by atoms with Crippen LogP contribution in [0.15, 0.2) is 91.0 Å². The van der Waals surface area contributed by atoms with E-state index in [1.165, 1.54) is 5.56 Å². The molecular weight excluding hydrogens is 320 g/mol. The fraction of sp³-hybridized carbons (Fsp3) is 0.0870. The van der Waals surface area contributed by atoms with Crippen LogP contribution in [0.2, 0.25) is 0 Å². The van der Waals surface area contributed by atoms with Crippen LogP contribution >= 0.6 is 0 Å². The van der Waals surface area contributed by atoms with Crippen LogP contribution in [-0.4, -0.2) is 9.55 Å². The standard InChI is InChI=1S/C23H20N2O/c1-3-10-19(11-4-1)12-9-17-25-22-16-8-7-15-21(22)24-23(25)18-26-20-13-5-2-6-14-20/h1-16H,17-18H2. The molecule has 3 heteroatoms. The molecule has 1 heterocycles. The summed E-state index contributed by atoms with van der Waals surface area (Å²) in [5.74, 6) is 1.78. The number of hydrogen-bond donors (Lipinski definition) is 0. The second kappa shape index (κ2) is 7.70. The lowest BCUT2D eigenvalue weighted by atomic mass is 10.2. The monoisotopic (exact) mass is 340 g/mol. The third kappa shape index (κ3) is 3.67. The summed E-state index contributed by atoms with van der Waals surface area (Å²) < 4.78 is 8.13. The highest BCUT2D eigenvalue weighted by molar-refractivity contribution is 5.76. The molecule has 0 saturated heterocycles. The van der Waals surface area contributed by atoms with E-state index in [1.807, 2.05) is 66.7 Å². The summed E-state index contributed by atoms with van der Waals surface area (Å²) in [5.41, 5.74) is 3.31. The highest BCUT2D eigenvalue weighted by Crippen LogP contribution is 2.18. The van der Waals surface area contributed by atoms with Gasteiger partial charge in [-0.2, -0.15) is 0 Å². The maximum Gasteiger partial charge on any atom is 0.148 e. The van der Waals surface area contributed by atoms with E-state index in [0.29, 0.717) is 6.61 Å². The Kier molecular flexibility index (Phi) is 4.79. The summed E-state index contributed by atoms with van der Waals surface area (Å²) in [7, 11) is 0. The van der Waals surface area contributed by atoms with Gasteiger partial charge < -0.3 is 9.30 Å². The Labute approximate surface area is 153 Å². The normalized spacial score (nSPS) is 11.2. The third-order valence-corrected chi connectivity index (χ3v) is 4.24. The van der Waals surface area contributed by atoms with Crippen molar-refractivity contribution in [2.75, 3.05) is 0 Å². The van der Waals surface area contributed by atoms with Crippen molar-refractivity contribution >= 4 is 17.1 Å². The minimum Gasteiger partial charge on any atom is -0.486 e. The topological polar surface area (TPSA) is 27.1 Å². The smallest absolute Gasteiger partial charge is 0.148 e. The quantitative estimate of drug-likeness (QED) is 0.474. The van der Waals surface area contributed by atoms with Gasteiger partial charge in [-0.05, 0) is 29.8 Å². The average molecular weight is 340 g/mol. The zero-order chi connectivity index (χ0) is 17.6. The van der Waals surface area contributed by atoms with Gasteiger partial charge in [0.1, 0.15) is 18.2 Å². The predicted molar refractivity (Wildman–Crippen MR) is 106 cm³/mol. The maximum absolute atomic E-state index is 5.92. The molecule has 4 aromatic rings. The SMILES string of the molecule is C(=Cc1ccccc1)Cn1c(COc2ccccc2)nc2ccccc21. The Hall–Kier alpha value is -3.33. The van der Waals surface area contributed by atoms with E-state index < -0.39 is 0 Å². The molecule has 1 aromatic heterocycles. The van der Waals surface area contributed by atoms with Gasteiger partial charge in [-0.1, -0.05) is 72.8 Å². The average Bonchev–Trinajstić information content (AvgIpc) is 3.06. The first-order chi connectivity index (χ1) is 12.9. The summed E-state index contributed by atoms with van der Waals surface area (Å²) >= 11 is 0. The molecule has 0 amide bonds. The van der Waals surface area contributed by atoms with Gasteiger partial charge in [0.05, 0.1) is 11.0 Å². The Morgan fingerprint density at radius 2 is 1.50 bits per heavy atom. The third-order valence-electron chi connectivity index (χ3n) is 4.24. The number of imidazole rings is 1. The molecule has 4 rings (SSSR count). The van der Waals surface area contributed by atoms with E-state index in [9.17, 15) is 0 Å². The molecule has 0 aliphatic heterocycles. The molecule has 0 fully saturated rings. The van der Waals surface area contributed by atoms with Crippen molar-refractivity contribution in [2.45, 2.75) is 13.2 Å². The van der Waals surface area contributed by atoms with Crippen LogP contribution < -0.4 is 4.74 Å². The second-order valence-electron chi connectivity index (χ2n) is 6.04. The molecule has 0 aliphatic rings. The summed E-state index contributed by atoms with van der Waals surface area (Å²) in [6, 6.07) is 28.4. The van der Waals surface area contributed by atoms with E-state index in [0.717, 1.165) is 29.2 Å². The number of rotatable bonds is 6. The molecule has 0 N–H and O–H groups in total. The van der Waals surface area contributed by atoms with Gasteiger partial charge in [-0.15, -0.1) is 0 Å². The minimum atomic E-state index is 0.442. The van der Waals surface area contributed by atoms with Gasteiger partial charge in [0, 0.05) is 6.54 Å². The van der Waals surface area contributed by atoms with E-state index >= 15 is 0 Å². The summed E-state index contributed by atoms with van der Waals surface area (Å²) in [5, 5.41) is 0. The van der Waals surface area contributed by atoms with Crippen molar-refractivity contribution in [3.05, 3.63) is 102 Å². The number of fused-ring (bicyclic) bond motifs is 1. The van der Waals surface area contributed by atoms with Gasteiger partial charge in [0.2, 0.25) is 0 Å². The molecule has 0 radical (unpaired) electrons. The molecule has 0 bridgehead atoms. The van der Waals surface area contributed by atoms with Crippen molar-refractivity contribution in [1.82, 2.24) is 9.55 Å². The Morgan fingerprint density at radius 1 is 0.808 bits per heavy atom. The number of nitrogens with zero attached hydrogens (tertiary/aromatic N) is 2. The summed E-state index contributed by atoms with van der Waals surface area (Å²) in [6.45, 7) is 1.20. The molecular formula is C23H20N2O. The molecule has 0 atom stereocenters. The number of aromatic nitrogens is 2. The van der Waals surface area contributed by atoms with E-state index in [4.69, 9.17) is 9.72 Å². The number of benzene rings is 3. The first-order valence-corrected chi connectivity index (χ1v) is 8.74. The van der Waals surface area contributed by atoms with Crippen molar-refractivity contribution in [3.8, 4) is 5.75 Å². The Morgan fingerprint density at radius 3 is 2.31 bits per heavy atom. The maximum atomic E-state index is 5.92. The summed E-state index contributed by atoms with van der Waals surface area (Å²) in [6.07, 6.45) is 4.30. The highest BCUT2D eigenvalue weighted by atomic mass is 16.5. The Bertz CT molecular complexity index is 1000. The van der Waals surface area contributed by atoms with Crippen molar-refractivity contribution in [3.63, 3.8) is 0 Å². The van der Waals surface area contributed by atoms with Gasteiger partial charge in [0.25, 0.3) is 0 Å². The van der Waals surface area contributed by atoms with Gasteiger partial charge in [-0.25, -0.2) is 4.98 Å². The fourth-order valence-electron chi connectivity index (χ4n) is 2.96. The van der Waals surface area contributed by atoms with Crippen LogP contribution in [0.3, 0.4) is 0 Å². The van der Waals surface area contributed by atoms with Gasteiger partial charge in [-0.3, -0.25) is 0 Å². The molecule has 0 spiro atoms. The molecule has 3 aromatic carbocycles. The van der Waals surface area contributed by atoms with Crippen molar-refractivity contribution in [1.29, 1.82) is 0 Å². The molecule has 0 aliphatic carbocycles. The number of para-hydroxylation sites is 3. The van der Waals surface area contributed by atoms with E-state index in [-0.39, 0.29) is 0 Å². The van der Waals surface area contributed by atoms with Crippen LogP contribution in [0.1, 0.15) is 11.4 Å². The van der Waals surface area contributed by atoms with Crippen molar-refractivity contribution in [2.24, 2.45) is 0 Å². The lowest BCUT2D eigenvalue weighted by molar-refractivity contribution is 0.291. The highest BCUT2D eigenvalue weighted by Gasteiger charge is 2.10. The van der Waals surface area contributed by atoms with E-state index in [1.54, 1.807) is 0 Å². The number of hydrogen-bond acceptors (Lipinski definition) is 2. The molecule has 0 unspecified atom stereocenters. The van der Waals surface area contributed by atoms with Crippen LogP contribution in [0.5, 0.6) is 5.75 Å². The number of allylic oxidation sites excluding steroid dienone is 1. The molecule has 128 valence electrons. The molecule has 0 saturated carbocycles. The van der Waals surface area contributed by atoms with Crippen LogP contribution in [0, 0.1) is 0 Å². The Balaban J connectivity index is 1.58. The zero-order valence-corrected chi connectivity index (χ0v) is 14.5. The van der Waals surface area contributed by atoms with Crippen LogP contribution in [0.25, 0.3) is 17.1 Å². The lowest BCUT2D eigenvalue weighted by Crippen LogP contribution is -2.06. The lowest BCUT2D eigenvalue weighted by Gasteiger charge is -2.08. The molecule has 3 nitrogen and oxygen atoms in total. The van der Waals surface area contributed by atoms with Crippen LogP contribution in [0.4, 0.5) is 0 Å². The van der Waals surface area contributed by atoms with Crippen LogP contribution in [-0.2, 0) is 13.2 Å². The van der Waals surface area contributed by atoms with Gasteiger partial charge in [0.15, 0.2) is 0 Å².